The van der Waals surface area contributed by atoms with Crippen LogP contribution in [0.25, 0.3) is 0 Å². The van der Waals surface area contributed by atoms with Crippen LogP contribution in [0.4, 0.5) is 0 Å². The Hall–Kier alpha value is -0.490. The van der Waals surface area contributed by atoms with Crippen molar-refractivity contribution in [2.24, 2.45) is 11.3 Å². The summed E-state index contributed by atoms with van der Waals surface area (Å²) in [7, 11) is 0. The molecular weight excluding hydrogens is 316 g/mol. The quantitative estimate of drug-likeness (QED) is 0.799. The van der Waals surface area contributed by atoms with Crippen LogP contribution in [0.1, 0.15) is 85.0 Å². The molecule has 2 N–H and O–H groups in total. The Balaban J connectivity index is 1.51. The summed E-state index contributed by atoms with van der Waals surface area (Å²) in [6.07, 6.45) is 9.07. The summed E-state index contributed by atoms with van der Waals surface area (Å²) < 4.78 is 0. The van der Waals surface area contributed by atoms with Crippen LogP contribution in [-0.4, -0.2) is 48.5 Å². The number of carbonyl (C=O) groups excluding carboxylic acids is 1. The summed E-state index contributed by atoms with van der Waals surface area (Å²) in [5, 5.41) is 25.2. The van der Waals surface area contributed by atoms with E-state index in [0.29, 0.717) is 24.5 Å². The topological polar surface area (TPSA) is 64.0 Å². The third kappa shape index (κ3) is 2.01. The van der Waals surface area contributed by atoms with Gasteiger partial charge in [0, 0.05) is 23.9 Å². The fourth-order valence-corrected chi connectivity index (χ4v) is 8.60. The number of fused-ring (bicyclic) bond motifs is 2. The largest absolute Gasteiger partial charge is 0.313 e. The third-order valence-corrected chi connectivity index (χ3v) is 8.61. The van der Waals surface area contributed by atoms with E-state index >= 15 is 0 Å². The maximum atomic E-state index is 12.5. The van der Waals surface area contributed by atoms with Crippen molar-refractivity contribution in [3.05, 3.63) is 0 Å². The van der Waals surface area contributed by atoms with E-state index < -0.39 is 0 Å². The van der Waals surface area contributed by atoms with Gasteiger partial charge in [-0.05, 0) is 83.5 Å². The van der Waals surface area contributed by atoms with Gasteiger partial charge >= 0.3 is 0 Å². The molecule has 4 unspecified atom stereocenters. The van der Waals surface area contributed by atoms with Crippen LogP contribution in [-0.2, 0) is 4.79 Å². The summed E-state index contributed by atoms with van der Waals surface area (Å²) in [4.78, 5) is 12.5. The highest BCUT2D eigenvalue weighted by molar-refractivity contribution is 5.82. The molecule has 5 heteroatoms. The molecule has 2 saturated carbocycles. The highest BCUT2D eigenvalue weighted by atomic mass is 16.5. The SMILES string of the molecule is CC12CC3CC(CC45CCC(C)(CC(=O)C4)N5O)(C1)CC(C)(C3)N2O. The number of hydrogen-bond acceptors (Lipinski definition) is 5. The maximum Gasteiger partial charge on any atom is 0.136 e. The zero-order valence-corrected chi connectivity index (χ0v) is 15.8. The van der Waals surface area contributed by atoms with Crippen molar-refractivity contribution in [1.29, 1.82) is 0 Å². The number of ketones is 1. The van der Waals surface area contributed by atoms with Gasteiger partial charge in [-0.2, -0.15) is 10.1 Å². The van der Waals surface area contributed by atoms with Crippen LogP contribution in [0.5, 0.6) is 0 Å². The molecule has 4 aliphatic heterocycles. The molecule has 6 bridgehead atoms. The number of piperidine rings is 3. The summed E-state index contributed by atoms with van der Waals surface area (Å²) in [6.45, 7) is 6.47. The molecule has 0 aromatic rings. The zero-order chi connectivity index (χ0) is 17.9. The molecule has 0 amide bonds. The van der Waals surface area contributed by atoms with E-state index in [1.165, 1.54) is 6.42 Å². The summed E-state index contributed by atoms with van der Waals surface area (Å²) in [6, 6.07) is 0. The van der Waals surface area contributed by atoms with E-state index in [2.05, 4.69) is 13.8 Å². The Bertz CT molecular complexity index is 631. The van der Waals surface area contributed by atoms with E-state index in [4.69, 9.17) is 0 Å². The summed E-state index contributed by atoms with van der Waals surface area (Å²) in [5.41, 5.74) is -0.887. The van der Waals surface area contributed by atoms with E-state index in [1.54, 1.807) is 10.1 Å². The first-order valence-electron chi connectivity index (χ1n) is 10.0. The van der Waals surface area contributed by atoms with Gasteiger partial charge in [0.1, 0.15) is 5.78 Å². The molecule has 6 aliphatic rings. The van der Waals surface area contributed by atoms with E-state index in [0.717, 1.165) is 44.9 Å². The van der Waals surface area contributed by atoms with Crippen molar-refractivity contribution in [2.75, 3.05) is 0 Å². The molecule has 0 aromatic heterocycles. The number of hydrogen-bond donors (Lipinski definition) is 2. The van der Waals surface area contributed by atoms with Crippen LogP contribution >= 0.6 is 0 Å². The number of hydroxylamine groups is 4. The van der Waals surface area contributed by atoms with Crippen LogP contribution in [0.3, 0.4) is 0 Å². The lowest BCUT2D eigenvalue weighted by atomic mass is 9.46. The van der Waals surface area contributed by atoms with Crippen molar-refractivity contribution in [3.8, 4) is 0 Å². The lowest BCUT2D eigenvalue weighted by Gasteiger charge is -2.69. The molecule has 5 nitrogen and oxygen atoms in total. The van der Waals surface area contributed by atoms with Gasteiger partial charge in [-0.3, -0.25) is 4.79 Å². The average molecular weight is 348 g/mol. The second-order valence-electron chi connectivity index (χ2n) is 11.2. The van der Waals surface area contributed by atoms with Gasteiger partial charge in [-0.25, -0.2) is 0 Å². The monoisotopic (exact) mass is 348 g/mol. The fraction of sp³-hybridized carbons (Fsp3) is 0.950. The Morgan fingerprint density at radius 2 is 1.56 bits per heavy atom. The molecule has 25 heavy (non-hydrogen) atoms. The molecule has 0 aromatic carbocycles. The highest BCUT2D eigenvalue weighted by Crippen LogP contribution is 2.67. The predicted octanol–water partition coefficient (Wildman–Crippen LogP) is 3.52. The molecule has 6 rings (SSSR count). The second kappa shape index (κ2) is 4.49. The van der Waals surface area contributed by atoms with Gasteiger partial charge in [0.05, 0.1) is 11.1 Å². The van der Waals surface area contributed by atoms with Crippen molar-refractivity contribution < 1.29 is 15.2 Å². The minimum absolute atomic E-state index is 0.147. The van der Waals surface area contributed by atoms with E-state index in [-0.39, 0.29) is 27.6 Å². The van der Waals surface area contributed by atoms with Gasteiger partial charge in [-0.15, -0.1) is 0 Å². The fourth-order valence-electron chi connectivity index (χ4n) is 8.60. The predicted molar refractivity (Wildman–Crippen MR) is 92.3 cm³/mol. The Morgan fingerprint density at radius 3 is 2.20 bits per heavy atom. The summed E-state index contributed by atoms with van der Waals surface area (Å²) >= 11 is 0. The van der Waals surface area contributed by atoms with Crippen LogP contribution in [0.15, 0.2) is 0 Å². The molecule has 4 saturated heterocycles. The number of rotatable bonds is 2. The second-order valence-corrected chi connectivity index (χ2v) is 11.2. The first-order chi connectivity index (χ1) is 11.5. The molecule has 6 fully saturated rings. The van der Waals surface area contributed by atoms with E-state index in [1.807, 2.05) is 6.92 Å². The molecule has 4 heterocycles. The minimum atomic E-state index is -0.372. The first-order valence-corrected chi connectivity index (χ1v) is 10.0. The van der Waals surface area contributed by atoms with Crippen LogP contribution in [0.2, 0.25) is 0 Å². The molecule has 2 aliphatic carbocycles. The van der Waals surface area contributed by atoms with Crippen LogP contribution < -0.4 is 0 Å². The smallest absolute Gasteiger partial charge is 0.136 e. The molecule has 0 spiro atoms. The number of nitrogens with zero attached hydrogens (tertiary/aromatic N) is 2. The lowest BCUT2D eigenvalue weighted by Crippen LogP contribution is -2.73. The standard InChI is InChI=1S/C20H32N2O3/c1-16-4-5-20(22(16)25,10-15(23)9-16)13-19-8-14-6-17(2,11-19)21(24)18(3,7-14)12-19/h14,24-25H,4-13H2,1-3H3. The lowest BCUT2D eigenvalue weighted by molar-refractivity contribution is -0.330. The van der Waals surface area contributed by atoms with Gasteiger partial charge < -0.3 is 10.4 Å². The maximum absolute atomic E-state index is 12.5. The number of Topliss-reactive ketones (excluding diaryl/α,β-unsaturated/α-hetero) is 1. The molecule has 4 atom stereocenters. The van der Waals surface area contributed by atoms with Gasteiger partial charge in [-0.1, -0.05) is 0 Å². The van der Waals surface area contributed by atoms with Crippen molar-refractivity contribution in [3.63, 3.8) is 0 Å². The molecule has 0 radical (unpaired) electrons. The minimum Gasteiger partial charge on any atom is -0.313 e. The van der Waals surface area contributed by atoms with Crippen LogP contribution in [0, 0.1) is 11.3 Å². The van der Waals surface area contributed by atoms with Crippen molar-refractivity contribution in [1.82, 2.24) is 10.1 Å². The Labute approximate surface area is 150 Å². The molecular formula is C20H32N2O3. The average Bonchev–Trinajstić information content (AvgIpc) is 2.61. The van der Waals surface area contributed by atoms with Gasteiger partial charge in [0.25, 0.3) is 0 Å². The highest BCUT2D eigenvalue weighted by Gasteiger charge is 2.67. The number of carbonyl (C=O) groups is 1. The van der Waals surface area contributed by atoms with Gasteiger partial charge in [0.2, 0.25) is 0 Å². The Kier molecular flexibility index (Phi) is 2.99. The Morgan fingerprint density at radius 1 is 0.920 bits per heavy atom. The normalized spacial score (nSPS) is 58.3. The zero-order valence-electron chi connectivity index (χ0n) is 15.8. The summed E-state index contributed by atoms with van der Waals surface area (Å²) in [5.74, 6) is 0.979. The van der Waals surface area contributed by atoms with Gasteiger partial charge in [0.15, 0.2) is 0 Å². The molecule has 140 valence electrons. The third-order valence-electron chi connectivity index (χ3n) is 8.61. The van der Waals surface area contributed by atoms with Crippen molar-refractivity contribution in [2.45, 2.75) is 107 Å². The first kappa shape index (κ1) is 16.7. The van der Waals surface area contributed by atoms with E-state index in [9.17, 15) is 15.2 Å². The van der Waals surface area contributed by atoms with Crippen molar-refractivity contribution >= 4 is 5.78 Å².